The van der Waals surface area contributed by atoms with Crippen molar-refractivity contribution < 1.29 is 22.5 Å². The third kappa shape index (κ3) is 6.40. The number of nitrogens with zero attached hydrogens (tertiary/aromatic N) is 1. The Labute approximate surface area is 186 Å². The number of anilines is 1. The standard InChI is InChI=1S/C25H27F3N3O/c1-3-31-14-19(15-31)11-21(13-23(29)25(27)28)30-24-10-9-20(26)12-22(24)17(2)32-16-18-7-5-4-6-8-18/h4-10,12-15,17,25,29-30H,3,11,16H2,1-2H3/q+1/b21-13-,29-23?/t17-/m1/s1. The van der Waals surface area contributed by atoms with E-state index in [0.29, 0.717) is 30.0 Å². The van der Waals surface area contributed by atoms with E-state index in [9.17, 15) is 13.2 Å². The summed E-state index contributed by atoms with van der Waals surface area (Å²) in [4.78, 5) is 0. The molecule has 0 unspecified atom stereocenters. The van der Waals surface area contributed by atoms with Crippen LogP contribution in [0.4, 0.5) is 18.9 Å². The number of allylic oxidation sites excluding steroid dienone is 2. The normalized spacial score (nSPS) is 14.5. The van der Waals surface area contributed by atoms with Gasteiger partial charge in [0, 0.05) is 23.4 Å². The number of ether oxygens (including phenoxy) is 1. The molecule has 1 heterocycles. The minimum atomic E-state index is -2.88. The molecule has 0 radical (unpaired) electrons. The molecule has 2 N–H and O–H groups in total. The summed E-state index contributed by atoms with van der Waals surface area (Å²) in [6.07, 6.45) is 2.02. The molecule has 168 valence electrons. The Balaban J connectivity index is 1.80. The molecule has 0 fully saturated rings. The smallest absolute Gasteiger partial charge is 0.279 e. The lowest BCUT2D eigenvalue weighted by Gasteiger charge is -2.20. The average Bonchev–Trinajstić information content (AvgIpc) is 2.75. The van der Waals surface area contributed by atoms with Gasteiger partial charge in [-0.15, -0.1) is 0 Å². The van der Waals surface area contributed by atoms with Crippen molar-refractivity contribution in [1.82, 2.24) is 0 Å². The Hall–Kier alpha value is -3.19. The van der Waals surface area contributed by atoms with Crippen LogP contribution in [-0.4, -0.2) is 29.5 Å². The predicted octanol–water partition coefficient (Wildman–Crippen LogP) is 6.07. The second-order valence-electron chi connectivity index (χ2n) is 7.56. The maximum atomic E-state index is 14.0. The Morgan fingerprint density at radius 2 is 1.91 bits per heavy atom. The van der Waals surface area contributed by atoms with Gasteiger partial charge in [0.2, 0.25) is 0 Å². The zero-order valence-electron chi connectivity index (χ0n) is 18.1. The first kappa shape index (κ1) is 23.5. The summed E-state index contributed by atoms with van der Waals surface area (Å²) >= 11 is 0. The summed E-state index contributed by atoms with van der Waals surface area (Å²) in [5.41, 5.74) is 2.70. The van der Waals surface area contributed by atoms with Crippen molar-refractivity contribution in [2.24, 2.45) is 0 Å². The van der Waals surface area contributed by atoms with E-state index in [-0.39, 0.29) is 0 Å². The first-order valence-electron chi connectivity index (χ1n) is 10.5. The second kappa shape index (κ2) is 10.9. The molecule has 7 heteroatoms. The quantitative estimate of drug-likeness (QED) is 0.328. The van der Waals surface area contributed by atoms with Crippen LogP contribution in [-0.2, 0) is 11.3 Å². The molecule has 0 spiro atoms. The minimum absolute atomic E-state index is 0.349. The van der Waals surface area contributed by atoms with Crippen molar-refractivity contribution >= 4 is 17.6 Å². The van der Waals surface area contributed by atoms with Gasteiger partial charge in [-0.2, -0.15) is 0 Å². The van der Waals surface area contributed by atoms with Gasteiger partial charge in [0.15, 0.2) is 12.4 Å². The molecule has 0 saturated heterocycles. The largest absolute Gasteiger partial charge is 0.369 e. The summed E-state index contributed by atoms with van der Waals surface area (Å²) in [6.45, 7) is 4.99. The van der Waals surface area contributed by atoms with Gasteiger partial charge in [-0.1, -0.05) is 30.3 Å². The molecule has 0 saturated carbocycles. The van der Waals surface area contributed by atoms with Gasteiger partial charge in [0.1, 0.15) is 12.4 Å². The maximum absolute atomic E-state index is 14.0. The molecule has 32 heavy (non-hydrogen) atoms. The molecule has 2 aromatic carbocycles. The predicted molar refractivity (Wildman–Crippen MR) is 121 cm³/mol. The van der Waals surface area contributed by atoms with Crippen LogP contribution in [0.2, 0.25) is 0 Å². The highest BCUT2D eigenvalue weighted by atomic mass is 19.3. The Morgan fingerprint density at radius 1 is 1.19 bits per heavy atom. The van der Waals surface area contributed by atoms with Crippen molar-refractivity contribution in [1.29, 1.82) is 5.41 Å². The van der Waals surface area contributed by atoms with E-state index >= 15 is 0 Å². The van der Waals surface area contributed by atoms with Gasteiger partial charge in [0.25, 0.3) is 6.43 Å². The summed E-state index contributed by atoms with van der Waals surface area (Å²) in [7, 11) is 0. The molecule has 1 atom stereocenters. The average molecular weight is 443 g/mol. The van der Waals surface area contributed by atoms with Crippen LogP contribution < -0.4 is 5.32 Å². The molecule has 0 aromatic heterocycles. The summed E-state index contributed by atoms with van der Waals surface area (Å²) in [6, 6.07) is 13.9. The molecule has 0 amide bonds. The van der Waals surface area contributed by atoms with Gasteiger partial charge in [-0.05, 0) is 43.7 Å². The van der Waals surface area contributed by atoms with E-state index < -0.39 is 24.1 Å². The summed E-state index contributed by atoms with van der Waals surface area (Å²) in [5, 5.41) is 10.7. The monoisotopic (exact) mass is 442 g/mol. The van der Waals surface area contributed by atoms with Gasteiger partial charge >= 0.3 is 0 Å². The van der Waals surface area contributed by atoms with Gasteiger partial charge < -0.3 is 10.1 Å². The first-order chi connectivity index (χ1) is 15.4. The number of nitrogens with one attached hydrogen (secondary N) is 2. The van der Waals surface area contributed by atoms with E-state index in [1.807, 2.05) is 61.2 Å². The van der Waals surface area contributed by atoms with Crippen LogP contribution in [0.25, 0.3) is 0 Å². The first-order valence-corrected chi connectivity index (χ1v) is 10.5. The molecule has 0 bridgehead atoms. The zero-order valence-corrected chi connectivity index (χ0v) is 18.1. The second-order valence-corrected chi connectivity index (χ2v) is 7.56. The highest BCUT2D eigenvalue weighted by Crippen LogP contribution is 2.29. The zero-order chi connectivity index (χ0) is 23.1. The molecule has 1 aliphatic heterocycles. The fourth-order valence-corrected chi connectivity index (χ4v) is 3.33. The number of hydrogen-bond acceptors (Lipinski definition) is 3. The number of benzene rings is 2. The molecule has 3 rings (SSSR count). The fourth-order valence-electron chi connectivity index (χ4n) is 3.33. The van der Waals surface area contributed by atoms with Crippen LogP contribution >= 0.6 is 0 Å². The topological polar surface area (TPSA) is 48.1 Å². The van der Waals surface area contributed by atoms with Crippen LogP contribution in [0.15, 0.2) is 72.1 Å². The van der Waals surface area contributed by atoms with Crippen molar-refractivity contribution in [3.63, 3.8) is 0 Å². The Kier molecular flexibility index (Phi) is 8.00. The molecule has 4 nitrogen and oxygen atoms in total. The molecular weight excluding hydrogens is 415 g/mol. The van der Waals surface area contributed by atoms with E-state index in [1.165, 1.54) is 12.1 Å². The minimum Gasteiger partial charge on any atom is -0.369 e. The third-order valence-electron chi connectivity index (χ3n) is 5.08. The number of hydrogen-bond donors (Lipinski definition) is 2. The number of halogens is 3. The van der Waals surface area contributed by atoms with Crippen molar-refractivity contribution in [3.05, 3.63) is 89.0 Å². The van der Waals surface area contributed by atoms with Crippen molar-refractivity contribution in [2.75, 3.05) is 11.9 Å². The van der Waals surface area contributed by atoms with E-state index in [0.717, 1.165) is 23.8 Å². The Bertz CT molecular complexity index is 1050. The number of rotatable bonds is 11. The molecular formula is C25H27F3N3O+. The van der Waals surface area contributed by atoms with Crippen molar-refractivity contribution in [3.8, 4) is 0 Å². The van der Waals surface area contributed by atoms with Crippen LogP contribution in [0.3, 0.4) is 0 Å². The highest BCUT2D eigenvalue weighted by molar-refractivity contribution is 5.96. The van der Waals surface area contributed by atoms with Crippen LogP contribution in [0.5, 0.6) is 0 Å². The molecule has 0 aliphatic carbocycles. The van der Waals surface area contributed by atoms with E-state index in [4.69, 9.17) is 10.1 Å². The molecule has 1 aliphatic rings. The van der Waals surface area contributed by atoms with Crippen molar-refractivity contribution in [2.45, 2.75) is 39.4 Å². The Morgan fingerprint density at radius 3 is 2.56 bits per heavy atom. The van der Waals surface area contributed by atoms with Crippen LogP contribution in [0.1, 0.15) is 37.5 Å². The lowest BCUT2D eigenvalue weighted by Crippen LogP contribution is -2.19. The van der Waals surface area contributed by atoms with Gasteiger partial charge in [-0.3, -0.25) is 5.41 Å². The van der Waals surface area contributed by atoms with E-state index in [1.54, 1.807) is 6.07 Å². The lowest BCUT2D eigenvalue weighted by molar-refractivity contribution is -0.459. The van der Waals surface area contributed by atoms with E-state index in [2.05, 4.69) is 5.32 Å². The highest BCUT2D eigenvalue weighted by Gasteiger charge is 2.20. The summed E-state index contributed by atoms with van der Waals surface area (Å²) in [5.74, 6) is -0.416. The van der Waals surface area contributed by atoms with Gasteiger partial charge in [0.05, 0.1) is 24.0 Å². The third-order valence-corrected chi connectivity index (χ3v) is 5.08. The fraction of sp³-hybridized carbons (Fsp3) is 0.280. The maximum Gasteiger partial charge on any atom is 0.279 e. The lowest BCUT2D eigenvalue weighted by atomic mass is 10.0. The van der Waals surface area contributed by atoms with Gasteiger partial charge in [-0.25, -0.2) is 17.7 Å². The van der Waals surface area contributed by atoms with Crippen LogP contribution in [0, 0.1) is 11.2 Å². The molecule has 2 aromatic rings. The SMILES string of the molecule is CC[N+]1=CC(C/C(=C/C(=N)C(F)F)Nc2ccc(F)cc2[C@@H](C)OCc2ccccc2)=C1. The number of alkyl halides is 2. The summed E-state index contributed by atoms with van der Waals surface area (Å²) < 4.78 is 48.0.